The third-order valence-electron chi connectivity index (χ3n) is 0.865. The lowest BCUT2D eigenvalue weighted by atomic mass is 10.3. The standard InChI is InChI=1S/C6H10N2O2/c1-6(9)10-5-3-2-4-8-7/h4H,2-3,5H2,1H3. The van der Waals surface area contributed by atoms with Crippen molar-refractivity contribution >= 4 is 12.2 Å². The van der Waals surface area contributed by atoms with Gasteiger partial charge in [-0.25, -0.2) is 0 Å². The molecule has 4 heteroatoms. The van der Waals surface area contributed by atoms with Gasteiger partial charge in [0.15, 0.2) is 0 Å². The number of carbonyl (C=O) groups is 1. The molecule has 0 rings (SSSR count). The maximum atomic E-state index is 10.2. The SMILES string of the molecule is CC(=O)OCCCC=[N+]=[N-]. The molecule has 0 saturated carbocycles. The fourth-order valence-electron chi connectivity index (χ4n) is 0.448. The van der Waals surface area contributed by atoms with Crippen LogP contribution in [0.5, 0.6) is 0 Å². The normalized spacial score (nSPS) is 8.10. The smallest absolute Gasteiger partial charge is 0.302 e. The van der Waals surface area contributed by atoms with Crippen LogP contribution in [-0.4, -0.2) is 23.6 Å². The Kier molecular flexibility index (Phi) is 5.29. The molecule has 0 atom stereocenters. The molecule has 0 aliphatic heterocycles. The Morgan fingerprint density at radius 3 is 3.00 bits per heavy atom. The van der Waals surface area contributed by atoms with Crippen molar-refractivity contribution in [2.45, 2.75) is 19.8 Å². The molecule has 0 amide bonds. The summed E-state index contributed by atoms with van der Waals surface area (Å²) in [5.41, 5.74) is 7.94. The van der Waals surface area contributed by atoms with Crippen LogP contribution in [0, 0.1) is 0 Å². The van der Waals surface area contributed by atoms with Gasteiger partial charge in [-0.2, -0.15) is 4.79 Å². The van der Waals surface area contributed by atoms with Crippen LogP contribution in [0.4, 0.5) is 0 Å². The van der Waals surface area contributed by atoms with E-state index in [1.807, 2.05) is 0 Å². The van der Waals surface area contributed by atoms with E-state index in [0.717, 1.165) is 0 Å². The molecule has 10 heavy (non-hydrogen) atoms. The second kappa shape index (κ2) is 5.98. The molecular formula is C6H10N2O2. The van der Waals surface area contributed by atoms with Gasteiger partial charge in [-0.1, -0.05) is 0 Å². The quantitative estimate of drug-likeness (QED) is 0.190. The highest BCUT2D eigenvalue weighted by atomic mass is 16.5. The topological polar surface area (TPSA) is 62.7 Å². The molecular weight excluding hydrogens is 132 g/mol. The lowest BCUT2D eigenvalue weighted by molar-refractivity contribution is -0.141. The zero-order valence-corrected chi connectivity index (χ0v) is 5.91. The number of ether oxygens (including phenoxy) is 1. The van der Waals surface area contributed by atoms with Crippen LogP contribution in [0.1, 0.15) is 19.8 Å². The molecule has 0 radical (unpaired) electrons. The first-order chi connectivity index (χ1) is 4.77. The summed E-state index contributed by atoms with van der Waals surface area (Å²) in [7, 11) is 0. The first kappa shape index (κ1) is 8.85. The Morgan fingerprint density at radius 2 is 2.50 bits per heavy atom. The predicted molar refractivity (Wildman–Crippen MR) is 35.6 cm³/mol. The van der Waals surface area contributed by atoms with Crippen molar-refractivity contribution in [1.29, 1.82) is 0 Å². The van der Waals surface area contributed by atoms with Crippen molar-refractivity contribution < 1.29 is 14.3 Å². The number of carbonyl (C=O) groups excluding carboxylic acids is 1. The van der Waals surface area contributed by atoms with Gasteiger partial charge in [0.25, 0.3) is 6.21 Å². The zero-order chi connectivity index (χ0) is 7.82. The summed E-state index contributed by atoms with van der Waals surface area (Å²) in [5, 5.41) is 0. The first-order valence-electron chi connectivity index (χ1n) is 3.06. The van der Waals surface area contributed by atoms with Crippen molar-refractivity contribution in [3.05, 3.63) is 5.53 Å². The van der Waals surface area contributed by atoms with E-state index < -0.39 is 0 Å². The molecule has 0 aromatic carbocycles. The Balaban J connectivity index is 3.05. The van der Waals surface area contributed by atoms with Crippen LogP contribution < -0.4 is 0 Å². The molecule has 56 valence electrons. The van der Waals surface area contributed by atoms with E-state index in [0.29, 0.717) is 19.4 Å². The van der Waals surface area contributed by atoms with E-state index in [9.17, 15) is 4.79 Å². The maximum absolute atomic E-state index is 10.2. The number of nitrogens with zero attached hydrogens (tertiary/aromatic N) is 2. The number of esters is 1. The van der Waals surface area contributed by atoms with E-state index in [4.69, 9.17) is 5.53 Å². The van der Waals surface area contributed by atoms with Crippen molar-refractivity contribution in [3.63, 3.8) is 0 Å². The molecule has 0 aliphatic carbocycles. The van der Waals surface area contributed by atoms with E-state index in [1.165, 1.54) is 13.1 Å². The number of hydrogen-bond donors (Lipinski definition) is 0. The molecule has 0 spiro atoms. The van der Waals surface area contributed by atoms with E-state index in [1.54, 1.807) is 0 Å². The van der Waals surface area contributed by atoms with Crippen LogP contribution >= 0.6 is 0 Å². The first-order valence-corrected chi connectivity index (χ1v) is 3.06. The van der Waals surface area contributed by atoms with E-state index >= 15 is 0 Å². The fourth-order valence-corrected chi connectivity index (χ4v) is 0.448. The average Bonchev–Trinajstić information content (AvgIpc) is 1.87. The molecule has 0 N–H and O–H groups in total. The summed E-state index contributed by atoms with van der Waals surface area (Å²) < 4.78 is 4.61. The highest BCUT2D eigenvalue weighted by molar-refractivity contribution is 5.65. The summed E-state index contributed by atoms with van der Waals surface area (Å²) in [6, 6.07) is 0. The number of unbranched alkanes of at least 4 members (excludes halogenated alkanes) is 1. The molecule has 0 saturated heterocycles. The predicted octanol–water partition coefficient (Wildman–Crippen LogP) is 0.630. The third-order valence-corrected chi connectivity index (χ3v) is 0.865. The van der Waals surface area contributed by atoms with Gasteiger partial charge in [0.1, 0.15) is 0 Å². The van der Waals surface area contributed by atoms with Crippen LogP contribution in [0.15, 0.2) is 0 Å². The molecule has 0 fully saturated rings. The molecule has 0 bridgehead atoms. The third kappa shape index (κ3) is 6.85. The van der Waals surface area contributed by atoms with Crippen LogP contribution in [0.3, 0.4) is 0 Å². The Bertz CT molecular complexity index is 146. The second-order valence-electron chi connectivity index (χ2n) is 1.78. The lowest BCUT2D eigenvalue weighted by Crippen LogP contribution is -2.00. The minimum atomic E-state index is -0.277. The summed E-state index contributed by atoms with van der Waals surface area (Å²) in [6.07, 6.45) is 2.69. The highest BCUT2D eigenvalue weighted by Gasteiger charge is 1.91. The van der Waals surface area contributed by atoms with Crippen LogP contribution in [0.2, 0.25) is 0 Å². The summed E-state index contributed by atoms with van der Waals surface area (Å²) in [5.74, 6) is -0.277. The van der Waals surface area contributed by atoms with Crippen LogP contribution in [-0.2, 0) is 9.53 Å². The monoisotopic (exact) mass is 142 g/mol. The van der Waals surface area contributed by atoms with Gasteiger partial charge >= 0.3 is 5.97 Å². The van der Waals surface area contributed by atoms with Gasteiger partial charge in [-0.15, -0.1) is 0 Å². The number of rotatable bonds is 4. The molecule has 0 heterocycles. The van der Waals surface area contributed by atoms with Gasteiger partial charge in [0.05, 0.1) is 6.61 Å². The second-order valence-corrected chi connectivity index (χ2v) is 1.78. The summed E-state index contributed by atoms with van der Waals surface area (Å²) in [6.45, 7) is 1.75. The van der Waals surface area contributed by atoms with E-state index in [-0.39, 0.29) is 5.97 Å². The maximum Gasteiger partial charge on any atom is 0.302 e. The lowest BCUT2D eigenvalue weighted by Gasteiger charge is -1.95. The minimum Gasteiger partial charge on any atom is -0.466 e. The Morgan fingerprint density at radius 1 is 1.80 bits per heavy atom. The Labute approximate surface area is 59.4 Å². The molecule has 0 unspecified atom stereocenters. The van der Waals surface area contributed by atoms with Crippen LogP contribution in [0.25, 0.3) is 5.53 Å². The van der Waals surface area contributed by atoms with Gasteiger partial charge in [0, 0.05) is 13.3 Å². The van der Waals surface area contributed by atoms with Crippen molar-refractivity contribution in [1.82, 2.24) is 0 Å². The summed E-state index contributed by atoms with van der Waals surface area (Å²) in [4.78, 5) is 13.0. The molecule has 0 aromatic rings. The fraction of sp³-hybridized carbons (Fsp3) is 0.667. The molecule has 0 aliphatic rings. The van der Waals surface area contributed by atoms with Crippen molar-refractivity contribution in [2.75, 3.05) is 6.61 Å². The van der Waals surface area contributed by atoms with Gasteiger partial charge in [0.2, 0.25) is 0 Å². The van der Waals surface area contributed by atoms with Gasteiger partial charge in [-0.05, 0) is 6.42 Å². The van der Waals surface area contributed by atoms with E-state index in [2.05, 4.69) is 9.53 Å². The summed E-state index contributed by atoms with van der Waals surface area (Å²) >= 11 is 0. The van der Waals surface area contributed by atoms with Gasteiger partial charge in [-0.3, -0.25) is 4.79 Å². The Hall–Kier alpha value is -1.15. The molecule has 0 aromatic heterocycles. The molecule has 4 nitrogen and oxygen atoms in total. The van der Waals surface area contributed by atoms with Gasteiger partial charge < -0.3 is 10.3 Å². The van der Waals surface area contributed by atoms with Crippen molar-refractivity contribution in [2.24, 2.45) is 0 Å². The highest BCUT2D eigenvalue weighted by Crippen LogP contribution is 1.85. The number of hydrogen-bond acceptors (Lipinski definition) is 2. The zero-order valence-electron chi connectivity index (χ0n) is 5.91. The van der Waals surface area contributed by atoms with Crippen molar-refractivity contribution in [3.8, 4) is 0 Å². The average molecular weight is 142 g/mol. The largest absolute Gasteiger partial charge is 0.466 e. The minimum absolute atomic E-state index is 0.277.